The number of hydrogen-bond acceptors (Lipinski definition) is 5. The van der Waals surface area contributed by atoms with Gasteiger partial charge in [-0.3, -0.25) is 5.41 Å². The SMILES string of the molecule is N=C(c1ccc(NC2CCCNC2)cc1N)S(=O)c1cccc2ccccc12. The zero-order valence-corrected chi connectivity index (χ0v) is 16.4. The Bertz CT molecular complexity index is 1040. The monoisotopic (exact) mass is 392 g/mol. The second kappa shape index (κ2) is 8.12. The van der Waals surface area contributed by atoms with Gasteiger partial charge in [-0.15, -0.1) is 0 Å². The van der Waals surface area contributed by atoms with Crippen molar-refractivity contribution in [3.05, 3.63) is 66.2 Å². The molecule has 5 nitrogen and oxygen atoms in total. The molecular weight excluding hydrogens is 368 g/mol. The summed E-state index contributed by atoms with van der Waals surface area (Å²) in [6.45, 7) is 2.00. The molecule has 5 N–H and O–H groups in total. The van der Waals surface area contributed by atoms with E-state index in [-0.39, 0.29) is 5.04 Å². The number of hydrogen-bond donors (Lipinski definition) is 4. The van der Waals surface area contributed by atoms with Crippen molar-refractivity contribution in [2.24, 2.45) is 0 Å². The minimum Gasteiger partial charge on any atom is -0.398 e. The molecule has 2 atom stereocenters. The molecule has 1 saturated heterocycles. The van der Waals surface area contributed by atoms with Gasteiger partial charge in [0.15, 0.2) is 0 Å². The maximum absolute atomic E-state index is 13.1. The van der Waals surface area contributed by atoms with E-state index in [4.69, 9.17) is 11.1 Å². The molecule has 6 heteroatoms. The van der Waals surface area contributed by atoms with E-state index < -0.39 is 10.8 Å². The fourth-order valence-corrected chi connectivity index (χ4v) is 4.83. The molecule has 3 aromatic rings. The Morgan fingerprint density at radius 2 is 1.96 bits per heavy atom. The summed E-state index contributed by atoms with van der Waals surface area (Å²) in [6.07, 6.45) is 2.27. The molecule has 3 aromatic carbocycles. The second-order valence-electron chi connectivity index (χ2n) is 7.06. The molecule has 0 amide bonds. The van der Waals surface area contributed by atoms with E-state index in [9.17, 15) is 4.21 Å². The topological polar surface area (TPSA) is 91.0 Å². The van der Waals surface area contributed by atoms with Crippen LogP contribution in [0.3, 0.4) is 0 Å². The third kappa shape index (κ3) is 3.79. The van der Waals surface area contributed by atoms with Crippen molar-refractivity contribution in [3.8, 4) is 0 Å². The lowest BCUT2D eigenvalue weighted by atomic mass is 10.1. The Morgan fingerprint density at radius 1 is 1.14 bits per heavy atom. The van der Waals surface area contributed by atoms with Gasteiger partial charge >= 0.3 is 0 Å². The van der Waals surface area contributed by atoms with E-state index in [2.05, 4.69) is 10.6 Å². The van der Waals surface area contributed by atoms with E-state index in [1.165, 1.54) is 0 Å². The van der Waals surface area contributed by atoms with Crippen LogP contribution in [-0.4, -0.2) is 28.4 Å². The standard InChI is InChI=1S/C22H24N4OS/c23-20-13-16(26-17-7-4-12-25-14-17)10-11-19(20)22(24)28(27)21-9-3-6-15-5-1-2-8-18(15)21/h1-3,5-6,8-11,13,17,24-26H,4,7,12,14,23H2. The lowest BCUT2D eigenvalue weighted by Gasteiger charge is -2.25. The molecule has 1 aliphatic heterocycles. The molecule has 1 fully saturated rings. The van der Waals surface area contributed by atoms with E-state index in [0.717, 1.165) is 42.4 Å². The normalized spacial score (nSPS) is 17.9. The molecule has 2 unspecified atom stereocenters. The van der Waals surface area contributed by atoms with Crippen molar-refractivity contribution in [1.29, 1.82) is 5.41 Å². The highest BCUT2D eigenvalue weighted by atomic mass is 32.2. The van der Waals surface area contributed by atoms with Crippen LogP contribution in [0.1, 0.15) is 18.4 Å². The highest BCUT2D eigenvalue weighted by Crippen LogP contribution is 2.26. The second-order valence-corrected chi connectivity index (χ2v) is 8.45. The van der Waals surface area contributed by atoms with E-state index in [1.54, 1.807) is 6.07 Å². The quantitative estimate of drug-likeness (QED) is 0.309. The fourth-order valence-electron chi connectivity index (χ4n) is 3.64. The maximum Gasteiger partial charge on any atom is 0.133 e. The van der Waals surface area contributed by atoms with Crippen LogP contribution in [0, 0.1) is 5.41 Å². The largest absolute Gasteiger partial charge is 0.398 e. The van der Waals surface area contributed by atoms with Gasteiger partial charge in [0.05, 0.1) is 4.90 Å². The fraction of sp³-hybridized carbons (Fsp3) is 0.227. The Morgan fingerprint density at radius 3 is 2.75 bits per heavy atom. The van der Waals surface area contributed by atoms with Gasteiger partial charge in [-0.2, -0.15) is 0 Å². The zero-order chi connectivity index (χ0) is 19.5. The summed E-state index contributed by atoms with van der Waals surface area (Å²) >= 11 is 0. The molecule has 1 heterocycles. The number of benzene rings is 3. The molecule has 4 rings (SSSR count). The molecule has 1 aliphatic rings. The number of anilines is 2. The molecule has 0 bridgehead atoms. The van der Waals surface area contributed by atoms with Crippen LogP contribution < -0.4 is 16.4 Å². The first-order valence-corrected chi connectivity index (χ1v) is 10.6. The first-order valence-electron chi connectivity index (χ1n) is 9.49. The number of fused-ring (bicyclic) bond motifs is 1. The lowest BCUT2D eigenvalue weighted by molar-refractivity contribution is 0.480. The van der Waals surface area contributed by atoms with Crippen LogP contribution >= 0.6 is 0 Å². The van der Waals surface area contributed by atoms with Crippen LogP contribution in [0.25, 0.3) is 10.8 Å². The first kappa shape index (κ1) is 18.7. The van der Waals surface area contributed by atoms with Crippen molar-refractivity contribution < 1.29 is 4.21 Å². The molecule has 0 aliphatic carbocycles. The van der Waals surface area contributed by atoms with Gasteiger partial charge in [-0.25, -0.2) is 4.21 Å². The summed E-state index contributed by atoms with van der Waals surface area (Å²) in [5.74, 6) is 0. The van der Waals surface area contributed by atoms with Gasteiger partial charge in [0, 0.05) is 29.5 Å². The summed E-state index contributed by atoms with van der Waals surface area (Å²) in [6, 6.07) is 19.4. The molecule has 0 spiro atoms. The smallest absolute Gasteiger partial charge is 0.133 e. The third-order valence-corrected chi connectivity index (χ3v) is 6.44. The van der Waals surface area contributed by atoms with Crippen molar-refractivity contribution >= 4 is 38.0 Å². The van der Waals surface area contributed by atoms with Gasteiger partial charge in [-0.1, -0.05) is 36.4 Å². The first-order chi connectivity index (χ1) is 13.6. The molecule has 0 aromatic heterocycles. The predicted octanol–water partition coefficient (Wildman–Crippen LogP) is 3.72. The van der Waals surface area contributed by atoms with E-state index in [1.807, 2.05) is 54.6 Å². The molecule has 0 radical (unpaired) electrons. The van der Waals surface area contributed by atoms with Crippen LogP contribution in [0.4, 0.5) is 11.4 Å². The Kier molecular flexibility index (Phi) is 5.41. The maximum atomic E-state index is 13.1. The number of nitrogens with two attached hydrogens (primary N) is 1. The van der Waals surface area contributed by atoms with Crippen LogP contribution in [0.5, 0.6) is 0 Å². The van der Waals surface area contributed by atoms with E-state index in [0.29, 0.717) is 22.2 Å². The van der Waals surface area contributed by atoms with Gasteiger partial charge in [0.2, 0.25) is 0 Å². The zero-order valence-electron chi connectivity index (χ0n) is 15.6. The predicted molar refractivity (Wildman–Crippen MR) is 118 cm³/mol. The number of nitrogen functional groups attached to an aromatic ring is 1. The molecule has 144 valence electrons. The summed E-state index contributed by atoms with van der Waals surface area (Å²) in [7, 11) is -1.60. The molecule has 0 saturated carbocycles. The minimum absolute atomic E-state index is 0.0275. The third-order valence-electron chi connectivity index (χ3n) is 5.10. The highest BCUT2D eigenvalue weighted by Gasteiger charge is 2.18. The summed E-state index contributed by atoms with van der Waals surface area (Å²) in [5.41, 5.74) is 8.13. The van der Waals surface area contributed by atoms with Gasteiger partial charge in [0.25, 0.3) is 0 Å². The van der Waals surface area contributed by atoms with Crippen LogP contribution in [-0.2, 0) is 10.8 Å². The average molecular weight is 393 g/mol. The van der Waals surface area contributed by atoms with Crippen molar-refractivity contribution in [2.45, 2.75) is 23.8 Å². The number of rotatable bonds is 4. The Balaban J connectivity index is 1.58. The number of nitrogens with one attached hydrogen (secondary N) is 3. The minimum atomic E-state index is -1.60. The van der Waals surface area contributed by atoms with Gasteiger partial charge < -0.3 is 16.4 Å². The average Bonchev–Trinajstić information content (AvgIpc) is 2.73. The summed E-state index contributed by atoms with van der Waals surface area (Å²) in [5, 5.41) is 17.3. The Hall–Kier alpha value is -2.70. The molecular formula is C22H24N4OS. The van der Waals surface area contributed by atoms with Crippen LogP contribution in [0.2, 0.25) is 0 Å². The van der Waals surface area contributed by atoms with Gasteiger partial charge in [-0.05, 0) is 54.4 Å². The van der Waals surface area contributed by atoms with Crippen LogP contribution in [0.15, 0.2) is 65.6 Å². The highest BCUT2D eigenvalue weighted by molar-refractivity contribution is 8.01. The summed E-state index contributed by atoms with van der Waals surface area (Å²) < 4.78 is 13.1. The van der Waals surface area contributed by atoms with Crippen molar-refractivity contribution in [2.75, 3.05) is 24.1 Å². The van der Waals surface area contributed by atoms with Gasteiger partial charge in [0.1, 0.15) is 15.8 Å². The van der Waals surface area contributed by atoms with Crippen molar-refractivity contribution in [3.63, 3.8) is 0 Å². The van der Waals surface area contributed by atoms with Crippen molar-refractivity contribution in [1.82, 2.24) is 5.32 Å². The molecule has 28 heavy (non-hydrogen) atoms. The van der Waals surface area contributed by atoms with E-state index >= 15 is 0 Å². The lowest BCUT2D eigenvalue weighted by Crippen LogP contribution is -2.38. The summed E-state index contributed by atoms with van der Waals surface area (Å²) in [4.78, 5) is 0.637. The number of piperidine rings is 1. The Labute approximate surface area is 167 Å².